The Morgan fingerprint density at radius 3 is 2.19 bits per heavy atom. The predicted molar refractivity (Wildman–Crippen MR) is 112 cm³/mol. The van der Waals surface area contributed by atoms with Crippen LogP contribution in [0.1, 0.15) is 11.1 Å². The highest BCUT2D eigenvalue weighted by Gasteiger charge is 2.35. The van der Waals surface area contributed by atoms with E-state index in [1.807, 2.05) is 5.32 Å². The largest absolute Gasteiger partial charge is 0.450 e. The van der Waals surface area contributed by atoms with Gasteiger partial charge < -0.3 is 20.4 Å². The standard InChI is InChI=1S/C22H12F8N4O2/c23-14-7-12(34-20(35)33-11-3-1-2-10(6-11)21(25,26)27)8-15(24)18(14)36-16-4-5-31-19-17(16)13(9-32-19)22(28,29)30/h1-9H,(H,31,32)(H2,33,34,35). The monoisotopic (exact) mass is 516 g/mol. The number of nitrogens with zero attached hydrogens (tertiary/aromatic N) is 1. The number of ether oxygens (including phenoxy) is 1. The van der Waals surface area contributed by atoms with E-state index >= 15 is 0 Å². The number of aromatic nitrogens is 2. The molecule has 0 radical (unpaired) electrons. The summed E-state index contributed by atoms with van der Waals surface area (Å²) in [6.45, 7) is 0. The van der Waals surface area contributed by atoms with Crippen LogP contribution in [-0.2, 0) is 12.4 Å². The summed E-state index contributed by atoms with van der Waals surface area (Å²) in [7, 11) is 0. The van der Waals surface area contributed by atoms with Crippen molar-refractivity contribution in [2.45, 2.75) is 12.4 Å². The van der Waals surface area contributed by atoms with Crippen molar-refractivity contribution < 1.29 is 44.7 Å². The lowest BCUT2D eigenvalue weighted by Gasteiger charge is -2.13. The van der Waals surface area contributed by atoms with E-state index in [9.17, 15) is 39.9 Å². The molecule has 0 saturated heterocycles. The average Bonchev–Trinajstić information content (AvgIpc) is 3.21. The van der Waals surface area contributed by atoms with Gasteiger partial charge in [-0.3, -0.25) is 0 Å². The number of nitrogens with one attached hydrogen (secondary N) is 3. The Hall–Kier alpha value is -4.36. The number of halogens is 8. The molecule has 188 valence electrons. The van der Waals surface area contributed by atoms with Crippen molar-refractivity contribution in [3.63, 3.8) is 0 Å². The van der Waals surface area contributed by atoms with Gasteiger partial charge in [0.05, 0.1) is 16.5 Å². The molecule has 2 aromatic heterocycles. The van der Waals surface area contributed by atoms with Crippen LogP contribution in [0.25, 0.3) is 11.0 Å². The van der Waals surface area contributed by atoms with Crippen LogP contribution in [0.3, 0.4) is 0 Å². The van der Waals surface area contributed by atoms with Gasteiger partial charge in [0, 0.05) is 35.9 Å². The second-order valence-electron chi connectivity index (χ2n) is 7.26. The third-order valence-electron chi connectivity index (χ3n) is 4.76. The molecule has 0 unspecified atom stereocenters. The van der Waals surface area contributed by atoms with E-state index in [-0.39, 0.29) is 11.3 Å². The fourth-order valence-corrected chi connectivity index (χ4v) is 3.24. The first-order chi connectivity index (χ1) is 16.8. The molecule has 4 aromatic rings. The molecule has 0 atom stereocenters. The van der Waals surface area contributed by atoms with E-state index in [2.05, 4.69) is 15.3 Å². The molecule has 0 fully saturated rings. The van der Waals surface area contributed by atoms with Crippen LogP contribution in [0.4, 0.5) is 51.3 Å². The van der Waals surface area contributed by atoms with Crippen molar-refractivity contribution >= 4 is 28.4 Å². The molecule has 2 amide bonds. The van der Waals surface area contributed by atoms with Crippen molar-refractivity contribution in [1.29, 1.82) is 0 Å². The summed E-state index contributed by atoms with van der Waals surface area (Å²) >= 11 is 0. The first-order valence-electron chi connectivity index (χ1n) is 9.78. The lowest BCUT2D eigenvalue weighted by molar-refractivity contribution is -0.138. The molecule has 4 rings (SSSR count). The number of fused-ring (bicyclic) bond motifs is 1. The maximum atomic E-state index is 14.6. The van der Waals surface area contributed by atoms with Crippen LogP contribution in [0.15, 0.2) is 54.9 Å². The van der Waals surface area contributed by atoms with Gasteiger partial charge in [0.1, 0.15) is 11.4 Å². The molecule has 0 aliphatic heterocycles. The Morgan fingerprint density at radius 2 is 1.56 bits per heavy atom. The van der Waals surface area contributed by atoms with Crippen LogP contribution >= 0.6 is 0 Å². The maximum Gasteiger partial charge on any atom is 0.418 e. The van der Waals surface area contributed by atoms with E-state index in [0.29, 0.717) is 24.4 Å². The lowest BCUT2D eigenvalue weighted by atomic mass is 10.2. The highest BCUT2D eigenvalue weighted by atomic mass is 19.4. The van der Waals surface area contributed by atoms with Gasteiger partial charge >= 0.3 is 18.4 Å². The molecule has 2 heterocycles. The molecule has 6 nitrogen and oxygen atoms in total. The van der Waals surface area contributed by atoms with Crippen molar-refractivity contribution in [3.8, 4) is 11.5 Å². The Labute approximate surface area is 195 Å². The number of rotatable bonds is 4. The number of pyridine rings is 1. The molecule has 36 heavy (non-hydrogen) atoms. The third kappa shape index (κ3) is 5.16. The molecule has 14 heteroatoms. The smallest absolute Gasteiger partial charge is 0.418 e. The second kappa shape index (κ2) is 9.02. The van der Waals surface area contributed by atoms with Gasteiger partial charge in [-0.1, -0.05) is 6.07 Å². The number of anilines is 2. The summed E-state index contributed by atoms with van der Waals surface area (Å²) in [6, 6.07) is 4.76. The van der Waals surface area contributed by atoms with Gasteiger partial charge in [-0.05, 0) is 24.3 Å². The van der Waals surface area contributed by atoms with Gasteiger partial charge in [0.2, 0.25) is 0 Å². The number of amides is 2. The minimum Gasteiger partial charge on any atom is -0.450 e. The molecular formula is C22H12F8N4O2. The predicted octanol–water partition coefficient (Wildman–Crippen LogP) is 7.32. The highest BCUT2D eigenvalue weighted by molar-refractivity contribution is 5.99. The SMILES string of the molecule is O=C(Nc1cccc(C(F)(F)F)c1)Nc1cc(F)c(Oc2ccnc3[nH]cc(C(F)(F)F)c23)c(F)c1. The molecule has 2 aromatic carbocycles. The minimum atomic E-state index is -4.81. The van der Waals surface area contributed by atoms with Crippen molar-refractivity contribution in [2.24, 2.45) is 0 Å². The van der Waals surface area contributed by atoms with Crippen LogP contribution in [0.2, 0.25) is 0 Å². The Balaban J connectivity index is 1.55. The average molecular weight is 516 g/mol. The Kier molecular flexibility index (Phi) is 6.20. The fourth-order valence-electron chi connectivity index (χ4n) is 3.24. The van der Waals surface area contributed by atoms with Crippen LogP contribution in [-0.4, -0.2) is 16.0 Å². The van der Waals surface area contributed by atoms with Crippen molar-refractivity contribution in [1.82, 2.24) is 9.97 Å². The van der Waals surface area contributed by atoms with E-state index in [0.717, 1.165) is 24.4 Å². The number of alkyl halides is 6. The zero-order valence-electron chi connectivity index (χ0n) is 17.5. The highest BCUT2D eigenvalue weighted by Crippen LogP contribution is 2.41. The number of carbonyl (C=O) groups is 1. The zero-order chi connectivity index (χ0) is 26.3. The van der Waals surface area contributed by atoms with E-state index in [4.69, 9.17) is 4.74 Å². The van der Waals surface area contributed by atoms with Crippen LogP contribution < -0.4 is 15.4 Å². The van der Waals surface area contributed by atoms with Crippen molar-refractivity contribution in [2.75, 3.05) is 10.6 Å². The number of carbonyl (C=O) groups excluding carboxylic acids is 1. The summed E-state index contributed by atoms with van der Waals surface area (Å²) in [5.74, 6) is -4.34. The number of hydrogen-bond acceptors (Lipinski definition) is 3. The molecule has 0 saturated carbocycles. The number of H-pyrrole nitrogens is 1. The molecule has 0 aliphatic rings. The number of aromatic amines is 1. The second-order valence-corrected chi connectivity index (χ2v) is 7.26. The van der Waals surface area contributed by atoms with Gasteiger partial charge in [0.15, 0.2) is 17.4 Å². The molecular weight excluding hydrogens is 504 g/mol. The zero-order valence-corrected chi connectivity index (χ0v) is 17.5. The maximum absolute atomic E-state index is 14.6. The van der Waals surface area contributed by atoms with Gasteiger partial charge in [-0.2, -0.15) is 26.3 Å². The third-order valence-corrected chi connectivity index (χ3v) is 4.76. The van der Waals surface area contributed by atoms with Crippen LogP contribution in [0, 0.1) is 11.6 Å². The van der Waals surface area contributed by atoms with Gasteiger partial charge in [0.25, 0.3) is 0 Å². The Morgan fingerprint density at radius 1 is 0.889 bits per heavy atom. The summed E-state index contributed by atoms with van der Waals surface area (Å²) in [5, 5.41) is 3.59. The lowest BCUT2D eigenvalue weighted by Crippen LogP contribution is -2.20. The minimum absolute atomic E-state index is 0.231. The van der Waals surface area contributed by atoms with Crippen molar-refractivity contribution in [3.05, 3.63) is 77.6 Å². The molecule has 0 spiro atoms. The summed E-state index contributed by atoms with van der Waals surface area (Å²) in [4.78, 5) is 18.1. The normalized spacial score (nSPS) is 12.0. The number of urea groups is 1. The molecule has 0 aliphatic carbocycles. The first kappa shape index (κ1) is 24.8. The number of benzene rings is 2. The first-order valence-corrected chi connectivity index (χ1v) is 9.78. The molecule has 3 N–H and O–H groups in total. The quantitative estimate of drug-likeness (QED) is 0.249. The van der Waals surface area contributed by atoms with E-state index < -0.39 is 63.7 Å². The van der Waals surface area contributed by atoms with Gasteiger partial charge in [-0.25, -0.2) is 18.6 Å². The number of hydrogen-bond donors (Lipinski definition) is 3. The summed E-state index contributed by atoms with van der Waals surface area (Å²) < 4.78 is 113. The summed E-state index contributed by atoms with van der Waals surface area (Å²) in [6.07, 6.45) is -7.76. The van der Waals surface area contributed by atoms with Crippen LogP contribution in [0.5, 0.6) is 11.5 Å². The molecule has 0 bridgehead atoms. The van der Waals surface area contributed by atoms with E-state index in [1.165, 1.54) is 6.07 Å². The Bertz CT molecular complexity index is 1420. The topological polar surface area (TPSA) is 79.0 Å². The van der Waals surface area contributed by atoms with Gasteiger partial charge in [-0.15, -0.1) is 0 Å². The van der Waals surface area contributed by atoms with E-state index in [1.54, 1.807) is 0 Å². The fraction of sp³-hybridized carbons (Fsp3) is 0.0909. The summed E-state index contributed by atoms with van der Waals surface area (Å²) in [5.41, 5.74) is -3.10.